The molecule has 2 N–H and O–H groups in total. The Morgan fingerprint density at radius 3 is 2.79 bits per heavy atom. The van der Waals surface area contributed by atoms with Gasteiger partial charge in [-0.05, 0) is 13.3 Å². The van der Waals surface area contributed by atoms with Crippen LogP contribution in [0.2, 0.25) is 0 Å². The molecule has 14 heavy (non-hydrogen) atoms. The first-order chi connectivity index (χ1) is 6.74. The Bertz CT molecular complexity index is 289. The second-order valence-electron chi connectivity index (χ2n) is 3.01. The summed E-state index contributed by atoms with van der Waals surface area (Å²) in [6.45, 7) is 1.89. The molecule has 1 aromatic heterocycles. The van der Waals surface area contributed by atoms with E-state index < -0.39 is 0 Å². The van der Waals surface area contributed by atoms with Crippen molar-refractivity contribution >= 4 is 5.91 Å². The molecule has 0 radical (unpaired) electrons. The number of hydrogen-bond acceptors (Lipinski definition) is 4. The van der Waals surface area contributed by atoms with Gasteiger partial charge in [-0.15, -0.1) is 0 Å². The maximum atomic E-state index is 11.5. The molecule has 1 rings (SSSR count). The highest BCUT2D eigenvalue weighted by molar-refractivity contribution is 5.93. The van der Waals surface area contributed by atoms with Crippen molar-refractivity contribution in [3.63, 3.8) is 0 Å². The van der Waals surface area contributed by atoms with Gasteiger partial charge in [0.1, 0.15) is 6.33 Å². The van der Waals surface area contributed by atoms with Crippen molar-refractivity contribution in [3.8, 4) is 0 Å². The van der Waals surface area contributed by atoms with Crippen LogP contribution in [0.25, 0.3) is 0 Å². The number of aromatic nitrogens is 2. The maximum absolute atomic E-state index is 11.5. The van der Waals surface area contributed by atoms with Gasteiger partial charge in [0.15, 0.2) is 0 Å². The second kappa shape index (κ2) is 5.29. The molecule has 0 aromatic carbocycles. The standard InChI is InChI=1S/C9H13N3O2/c1-7(2-3-13)12-9(14)8-4-10-6-11-5-8/h4-7,13H,2-3H2,1H3,(H,12,14). The van der Waals surface area contributed by atoms with Crippen LogP contribution < -0.4 is 5.32 Å². The Hall–Kier alpha value is -1.49. The fourth-order valence-electron chi connectivity index (χ4n) is 0.989. The minimum Gasteiger partial charge on any atom is -0.396 e. The van der Waals surface area contributed by atoms with Crippen LogP contribution in [-0.4, -0.2) is 33.6 Å². The maximum Gasteiger partial charge on any atom is 0.254 e. The number of amides is 1. The van der Waals surface area contributed by atoms with Gasteiger partial charge in [0.25, 0.3) is 5.91 Å². The molecule has 5 heteroatoms. The van der Waals surface area contributed by atoms with Crippen LogP contribution in [-0.2, 0) is 0 Å². The highest BCUT2D eigenvalue weighted by atomic mass is 16.3. The van der Waals surface area contributed by atoms with Crippen LogP contribution in [0.15, 0.2) is 18.7 Å². The van der Waals surface area contributed by atoms with E-state index in [1.165, 1.54) is 18.7 Å². The Morgan fingerprint density at radius 2 is 2.21 bits per heavy atom. The molecule has 0 bridgehead atoms. The zero-order valence-electron chi connectivity index (χ0n) is 7.97. The third kappa shape index (κ3) is 3.10. The number of nitrogens with one attached hydrogen (secondary N) is 1. The van der Waals surface area contributed by atoms with Crippen molar-refractivity contribution in [2.75, 3.05) is 6.61 Å². The molecule has 0 saturated heterocycles. The minimum absolute atomic E-state index is 0.0484. The lowest BCUT2D eigenvalue weighted by Gasteiger charge is -2.11. The summed E-state index contributed by atoms with van der Waals surface area (Å²) in [6, 6.07) is -0.0484. The molecule has 1 amide bonds. The van der Waals surface area contributed by atoms with Crippen molar-refractivity contribution in [1.82, 2.24) is 15.3 Å². The summed E-state index contributed by atoms with van der Waals surface area (Å²) < 4.78 is 0. The fourth-order valence-corrected chi connectivity index (χ4v) is 0.989. The van der Waals surface area contributed by atoms with E-state index in [-0.39, 0.29) is 18.6 Å². The van der Waals surface area contributed by atoms with Gasteiger partial charge in [-0.3, -0.25) is 4.79 Å². The van der Waals surface area contributed by atoms with Gasteiger partial charge in [0.2, 0.25) is 0 Å². The predicted octanol–water partition coefficient (Wildman–Crippen LogP) is -0.0227. The third-order valence-corrected chi connectivity index (χ3v) is 1.76. The molecule has 0 saturated carbocycles. The van der Waals surface area contributed by atoms with Gasteiger partial charge in [-0.2, -0.15) is 0 Å². The first-order valence-corrected chi connectivity index (χ1v) is 4.40. The summed E-state index contributed by atoms with van der Waals surface area (Å²) in [5, 5.41) is 11.4. The molecular formula is C9H13N3O2. The van der Waals surface area contributed by atoms with Crippen LogP contribution >= 0.6 is 0 Å². The monoisotopic (exact) mass is 195 g/mol. The number of nitrogens with zero attached hydrogens (tertiary/aromatic N) is 2. The third-order valence-electron chi connectivity index (χ3n) is 1.76. The van der Waals surface area contributed by atoms with Gasteiger partial charge in [0.05, 0.1) is 5.56 Å². The normalized spacial score (nSPS) is 12.1. The predicted molar refractivity (Wildman–Crippen MR) is 50.7 cm³/mol. The van der Waals surface area contributed by atoms with E-state index in [2.05, 4.69) is 15.3 Å². The molecular weight excluding hydrogens is 182 g/mol. The quantitative estimate of drug-likeness (QED) is 0.707. The number of hydrogen-bond donors (Lipinski definition) is 2. The first-order valence-electron chi connectivity index (χ1n) is 4.40. The van der Waals surface area contributed by atoms with Crippen molar-refractivity contribution < 1.29 is 9.90 Å². The molecule has 76 valence electrons. The van der Waals surface area contributed by atoms with E-state index in [9.17, 15) is 4.79 Å². The van der Waals surface area contributed by atoms with Crippen molar-refractivity contribution in [1.29, 1.82) is 0 Å². The smallest absolute Gasteiger partial charge is 0.254 e. The van der Waals surface area contributed by atoms with Crippen LogP contribution in [0.4, 0.5) is 0 Å². The van der Waals surface area contributed by atoms with Gasteiger partial charge >= 0.3 is 0 Å². The molecule has 5 nitrogen and oxygen atoms in total. The van der Waals surface area contributed by atoms with Gasteiger partial charge in [-0.1, -0.05) is 0 Å². The zero-order valence-corrected chi connectivity index (χ0v) is 7.97. The molecule has 0 aliphatic heterocycles. The van der Waals surface area contributed by atoms with Gasteiger partial charge in [0, 0.05) is 25.0 Å². The largest absolute Gasteiger partial charge is 0.396 e. The second-order valence-corrected chi connectivity index (χ2v) is 3.01. The van der Waals surface area contributed by atoms with Gasteiger partial charge in [-0.25, -0.2) is 9.97 Å². The molecule has 1 unspecified atom stereocenters. The molecule has 0 spiro atoms. The lowest BCUT2D eigenvalue weighted by molar-refractivity contribution is 0.0933. The number of aliphatic hydroxyl groups is 1. The lowest BCUT2D eigenvalue weighted by atomic mass is 10.2. The number of carbonyl (C=O) groups excluding carboxylic acids is 1. The Kier molecular flexibility index (Phi) is 4.00. The first kappa shape index (κ1) is 10.6. The van der Waals surface area contributed by atoms with E-state index in [0.29, 0.717) is 12.0 Å². The van der Waals surface area contributed by atoms with Crippen molar-refractivity contribution in [2.45, 2.75) is 19.4 Å². The van der Waals surface area contributed by atoms with E-state index in [1.807, 2.05) is 6.92 Å². The highest BCUT2D eigenvalue weighted by Crippen LogP contribution is 1.95. The average Bonchev–Trinajstić information content (AvgIpc) is 2.19. The minimum atomic E-state index is -0.216. The summed E-state index contributed by atoms with van der Waals surface area (Å²) in [7, 11) is 0. The molecule has 1 heterocycles. The molecule has 0 aliphatic carbocycles. The zero-order chi connectivity index (χ0) is 10.4. The van der Waals surface area contributed by atoms with Crippen molar-refractivity contribution in [2.24, 2.45) is 0 Å². The summed E-state index contributed by atoms with van der Waals surface area (Å²) >= 11 is 0. The van der Waals surface area contributed by atoms with Crippen molar-refractivity contribution in [3.05, 3.63) is 24.3 Å². The fraction of sp³-hybridized carbons (Fsp3) is 0.444. The topological polar surface area (TPSA) is 75.1 Å². The van der Waals surface area contributed by atoms with E-state index in [0.717, 1.165) is 0 Å². The molecule has 1 atom stereocenters. The summed E-state index contributed by atoms with van der Waals surface area (Å²) in [4.78, 5) is 18.9. The van der Waals surface area contributed by atoms with Crippen LogP contribution in [0, 0.1) is 0 Å². The summed E-state index contributed by atoms with van der Waals surface area (Å²) in [6.07, 6.45) is 4.81. The number of aliphatic hydroxyl groups excluding tert-OH is 1. The molecule has 0 aliphatic rings. The average molecular weight is 195 g/mol. The van der Waals surface area contributed by atoms with Crippen LogP contribution in [0.3, 0.4) is 0 Å². The number of carbonyl (C=O) groups is 1. The Labute approximate surface area is 82.2 Å². The molecule has 1 aromatic rings. The SMILES string of the molecule is CC(CCO)NC(=O)c1cncnc1. The lowest BCUT2D eigenvalue weighted by Crippen LogP contribution is -2.33. The summed E-state index contributed by atoms with van der Waals surface area (Å²) in [5.41, 5.74) is 0.428. The highest BCUT2D eigenvalue weighted by Gasteiger charge is 2.08. The molecule has 0 fully saturated rings. The Morgan fingerprint density at radius 1 is 1.57 bits per heavy atom. The summed E-state index contributed by atoms with van der Waals surface area (Å²) in [5.74, 6) is -0.216. The van der Waals surface area contributed by atoms with E-state index in [4.69, 9.17) is 5.11 Å². The van der Waals surface area contributed by atoms with E-state index in [1.54, 1.807) is 0 Å². The Balaban J connectivity index is 2.51. The van der Waals surface area contributed by atoms with Crippen LogP contribution in [0.1, 0.15) is 23.7 Å². The van der Waals surface area contributed by atoms with Crippen LogP contribution in [0.5, 0.6) is 0 Å². The van der Waals surface area contributed by atoms with E-state index >= 15 is 0 Å². The number of rotatable bonds is 4. The van der Waals surface area contributed by atoms with Gasteiger partial charge < -0.3 is 10.4 Å².